The van der Waals surface area contributed by atoms with Crippen LogP contribution in [0.4, 0.5) is 5.69 Å². The number of pyridine rings is 1. The maximum atomic E-state index is 13.3. The lowest BCUT2D eigenvalue weighted by Crippen LogP contribution is -2.45. The van der Waals surface area contributed by atoms with Crippen LogP contribution in [0.15, 0.2) is 73.1 Å². The van der Waals surface area contributed by atoms with E-state index in [4.69, 9.17) is 4.74 Å². The third-order valence-corrected chi connectivity index (χ3v) is 8.69. The van der Waals surface area contributed by atoms with Crippen LogP contribution in [0.5, 0.6) is 5.75 Å². The summed E-state index contributed by atoms with van der Waals surface area (Å²) in [6.45, 7) is 8.97. The van der Waals surface area contributed by atoms with Crippen molar-refractivity contribution >= 4 is 17.5 Å². The van der Waals surface area contributed by atoms with E-state index in [2.05, 4.69) is 45.1 Å². The Morgan fingerprint density at radius 1 is 0.857 bits per heavy atom. The number of piperidine rings is 1. The molecule has 3 saturated heterocycles. The monoisotopic (exact) mass is 567 g/mol. The summed E-state index contributed by atoms with van der Waals surface area (Å²) < 4.78 is 6.19. The van der Waals surface area contributed by atoms with Gasteiger partial charge in [-0.1, -0.05) is 24.3 Å². The molecule has 0 aliphatic carbocycles. The Hall–Kier alpha value is -3.75. The lowest BCUT2D eigenvalue weighted by atomic mass is 9.98. The zero-order chi connectivity index (χ0) is 28.7. The summed E-state index contributed by atoms with van der Waals surface area (Å²) in [5.74, 6) is 1.36. The standard InChI is InChI=1S/C34H41N5O3/c40-33-9-4-16-39(33)31-8-1-7-30(21-31)34(41)38-15-3-6-29(25-38)26-42-32-12-10-27(11-13-32)23-36-17-19-37(20-18-36)24-28-5-2-14-35-22-28/h1-2,5,7-8,10-14,21-22,29H,3-4,6,9,15-20,23-26H2. The van der Waals surface area contributed by atoms with Crippen molar-refractivity contribution in [3.8, 4) is 5.75 Å². The first kappa shape index (κ1) is 28.4. The number of benzene rings is 2. The largest absolute Gasteiger partial charge is 0.493 e. The van der Waals surface area contributed by atoms with E-state index in [0.29, 0.717) is 31.1 Å². The second-order valence-corrected chi connectivity index (χ2v) is 11.8. The lowest BCUT2D eigenvalue weighted by molar-refractivity contribution is -0.117. The van der Waals surface area contributed by atoms with Crippen LogP contribution in [0.3, 0.4) is 0 Å². The fourth-order valence-corrected chi connectivity index (χ4v) is 6.31. The number of nitrogens with zero attached hydrogens (tertiary/aromatic N) is 5. The molecular weight excluding hydrogens is 526 g/mol. The van der Waals surface area contributed by atoms with Crippen molar-refractivity contribution < 1.29 is 14.3 Å². The number of piperazine rings is 1. The number of amides is 2. The van der Waals surface area contributed by atoms with E-state index in [1.807, 2.05) is 47.6 Å². The number of rotatable bonds is 9. The first-order valence-corrected chi connectivity index (χ1v) is 15.4. The number of ether oxygens (including phenoxy) is 1. The maximum Gasteiger partial charge on any atom is 0.253 e. The summed E-state index contributed by atoms with van der Waals surface area (Å²) in [5.41, 5.74) is 4.05. The lowest BCUT2D eigenvalue weighted by Gasteiger charge is -2.34. The number of hydrogen-bond acceptors (Lipinski definition) is 6. The molecule has 0 saturated carbocycles. The molecule has 0 spiro atoms. The Morgan fingerprint density at radius 3 is 2.36 bits per heavy atom. The highest BCUT2D eigenvalue weighted by molar-refractivity contribution is 5.99. The normalized spacial score (nSPS) is 20.2. The van der Waals surface area contributed by atoms with E-state index in [0.717, 1.165) is 83.1 Å². The fourth-order valence-electron chi connectivity index (χ4n) is 6.31. The molecule has 6 rings (SSSR count). The summed E-state index contributed by atoms with van der Waals surface area (Å²) in [4.78, 5) is 38.5. The fraction of sp³-hybridized carbons (Fsp3) is 0.441. The number of carbonyl (C=O) groups is 2. The van der Waals surface area contributed by atoms with E-state index in [-0.39, 0.29) is 11.8 Å². The predicted molar refractivity (Wildman–Crippen MR) is 163 cm³/mol. The average Bonchev–Trinajstić information content (AvgIpc) is 3.48. The maximum absolute atomic E-state index is 13.3. The molecule has 4 heterocycles. The minimum absolute atomic E-state index is 0.0375. The van der Waals surface area contributed by atoms with Gasteiger partial charge in [0.25, 0.3) is 5.91 Å². The summed E-state index contributed by atoms with van der Waals surface area (Å²) in [6, 6.07) is 20.2. The molecule has 2 amide bonds. The van der Waals surface area contributed by atoms with Gasteiger partial charge in [-0.05, 0) is 66.8 Å². The highest BCUT2D eigenvalue weighted by atomic mass is 16.5. The SMILES string of the molecule is O=C(c1cccc(N2CCCC2=O)c1)N1CCCC(COc2ccc(CN3CCN(Cc4cccnc4)CC3)cc2)C1. The highest BCUT2D eigenvalue weighted by Crippen LogP contribution is 2.25. The average molecular weight is 568 g/mol. The molecule has 8 heteroatoms. The predicted octanol–water partition coefficient (Wildman–Crippen LogP) is 4.46. The Morgan fingerprint density at radius 2 is 1.64 bits per heavy atom. The molecule has 1 aromatic heterocycles. The quantitative estimate of drug-likeness (QED) is 0.381. The van der Waals surface area contributed by atoms with Crippen LogP contribution in [-0.2, 0) is 17.9 Å². The van der Waals surface area contributed by atoms with Crippen molar-refractivity contribution in [3.05, 3.63) is 89.7 Å². The van der Waals surface area contributed by atoms with Crippen molar-refractivity contribution in [2.75, 3.05) is 57.3 Å². The van der Waals surface area contributed by atoms with Crippen LogP contribution in [-0.4, -0.2) is 83.9 Å². The molecule has 220 valence electrons. The van der Waals surface area contributed by atoms with Gasteiger partial charge in [0.2, 0.25) is 5.91 Å². The molecule has 3 aromatic rings. The van der Waals surface area contributed by atoms with Gasteiger partial charge >= 0.3 is 0 Å². The third kappa shape index (κ3) is 7.17. The minimum atomic E-state index is 0.0375. The van der Waals surface area contributed by atoms with Crippen molar-refractivity contribution in [3.63, 3.8) is 0 Å². The van der Waals surface area contributed by atoms with Crippen molar-refractivity contribution in [2.24, 2.45) is 5.92 Å². The molecule has 0 bridgehead atoms. The summed E-state index contributed by atoms with van der Waals surface area (Å²) >= 11 is 0. The van der Waals surface area contributed by atoms with Crippen LogP contribution >= 0.6 is 0 Å². The van der Waals surface area contributed by atoms with Gasteiger partial charge in [0.15, 0.2) is 0 Å². The van der Waals surface area contributed by atoms with E-state index >= 15 is 0 Å². The molecule has 1 atom stereocenters. The Labute approximate surface area is 248 Å². The number of hydrogen-bond donors (Lipinski definition) is 0. The Balaban J connectivity index is 0.949. The van der Waals surface area contributed by atoms with Crippen LogP contribution in [0.2, 0.25) is 0 Å². The first-order chi connectivity index (χ1) is 20.6. The molecule has 42 heavy (non-hydrogen) atoms. The highest BCUT2D eigenvalue weighted by Gasteiger charge is 2.27. The van der Waals surface area contributed by atoms with E-state index in [9.17, 15) is 9.59 Å². The Kier molecular flexibility index (Phi) is 9.11. The molecule has 3 fully saturated rings. The summed E-state index contributed by atoms with van der Waals surface area (Å²) in [7, 11) is 0. The second kappa shape index (κ2) is 13.5. The van der Waals surface area contributed by atoms with E-state index in [1.54, 1.807) is 4.90 Å². The van der Waals surface area contributed by atoms with Gasteiger partial charge in [0.05, 0.1) is 6.61 Å². The van der Waals surface area contributed by atoms with Crippen molar-refractivity contribution in [2.45, 2.75) is 38.8 Å². The van der Waals surface area contributed by atoms with Crippen LogP contribution < -0.4 is 9.64 Å². The molecule has 8 nitrogen and oxygen atoms in total. The number of anilines is 1. The van der Waals surface area contributed by atoms with E-state index < -0.39 is 0 Å². The number of carbonyl (C=O) groups excluding carboxylic acids is 2. The van der Waals surface area contributed by atoms with Gasteiger partial charge in [0.1, 0.15) is 5.75 Å². The van der Waals surface area contributed by atoms with Crippen molar-refractivity contribution in [1.29, 1.82) is 0 Å². The topological polar surface area (TPSA) is 69.2 Å². The van der Waals surface area contributed by atoms with Gasteiger partial charge in [-0.15, -0.1) is 0 Å². The van der Waals surface area contributed by atoms with Crippen LogP contribution in [0, 0.1) is 5.92 Å². The Bertz CT molecular complexity index is 1340. The molecule has 2 aromatic carbocycles. The van der Waals surface area contributed by atoms with Gasteiger partial charge in [-0.2, -0.15) is 0 Å². The smallest absolute Gasteiger partial charge is 0.253 e. The molecule has 3 aliphatic rings. The molecule has 0 N–H and O–H groups in total. The number of likely N-dealkylation sites (tertiary alicyclic amines) is 1. The van der Waals surface area contributed by atoms with Crippen LogP contribution in [0.25, 0.3) is 0 Å². The molecule has 3 aliphatic heterocycles. The molecule has 0 radical (unpaired) electrons. The van der Waals surface area contributed by atoms with Gasteiger partial charge in [0, 0.05) is 94.9 Å². The van der Waals surface area contributed by atoms with Gasteiger partial charge in [-0.3, -0.25) is 24.4 Å². The zero-order valence-corrected chi connectivity index (χ0v) is 24.4. The molecule has 1 unspecified atom stereocenters. The number of aromatic nitrogens is 1. The van der Waals surface area contributed by atoms with E-state index in [1.165, 1.54) is 11.1 Å². The molecular formula is C34H41N5O3. The van der Waals surface area contributed by atoms with Gasteiger partial charge in [-0.25, -0.2) is 0 Å². The summed E-state index contributed by atoms with van der Waals surface area (Å²) in [5, 5.41) is 0. The first-order valence-electron chi connectivity index (χ1n) is 15.4. The van der Waals surface area contributed by atoms with Crippen LogP contribution in [0.1, 0.15) is 47.2 Å². The van der Waals surface area contributed by atoms with Gasteiger partial charge < -0.3 is 14.5 Å². The second-order valence-electron chi connectivity index (χ2n) is 11.8. The third-order valence-electron chi connectivity index (χ3n) is 8.69. The zero-order valence-electron chi connectivity index (χ0n) is 24.4. The van der Waals surface area contributed by atoms with Crippen molar-refractivity contribution in [1.82, 2.24) is 19.7 Å². The summed E-state index contributed by atoms with van der Waals surface area (Å²) in [6.07, 6.45) is 7.26. The minimum Gasteiger partial charge on any atom is -0.493 e.